The monoisotopic (exact) mass is 488 g/mol. The van der Waals surface area contributed by atoms with Crippen LogP contribution in [0.5, 0.6) is 0 Å². The van der Waals surface area contributed by atoms with Crippen LogP contribution in [0.3, 0.4) is 0 Å². The van der Waals surface area contributed by atoms with Crippen molar-refractivity contribution in [3.63, 3.8) is 0 Å². The van der Waals surface area contributed by atoms with Crippen molar-refractivity contribution in [1.82, 2.24) is 10.2 Å². The smallest absolute Gasteiger partial charge is 0.336 e. The van der Waals surface area contributed by atoms with Crippen molar-refractivity contribution in [1.29, 1.82) is 0 Å². The second-order valence-corrected chi connectivity index (χ2v) is 9.09. The lowest BCUT2D eigenvalue weighted by Gasteiger charge is -2.37. The number of esters is 1. The molecular weight excluding hydrogens is 462 g/mol. The average Bonchev–Trinajstić information content (AvgIpc) is 3.21. The summed E-state index contributed by atoms with van der Waals surface area (Å²) in [6.07, 6.45) is 1.77. The molecule has 1 fully saturated rings. The number of hydrogen-bond donors (Lipinski definition) is 1. The Bertz CT molecular complexity index is 1320. The number of carbonyl (C=O) groups is 2. The van der Waals surface area contributed by atoms with E-state index in [9.17, 15) is 14.0 Å². The first-order chi connectivity index (χ1) is 17.5. The summed E-state index contributed by atoms with van der Waals surface area (Å²) in [6, 6.07) is 19.4. The molecule has 0 radical (unpaired) electrons. The average molecular weight is 489 g/mol. The summed E-state index contributed by atoms with van der Waals surface area (Å²) in [5.74, 6) is -1.23. The van der Waals surface area contributed by atoms with Crippen LogP contribution in [0.1, 0.15) is 30.4 Å². The highest BCUT2D eigenvalue weighted by atomic mass is 19.1. The summed E-state index contributed by atoms with van der Waals surface area (Å²) < 4.78 is 33.4. The Morgan fingerprint density at radius 3 is 2.42 bits per heavy atom. The van der Waals surface area contributed by atoms with Gasteiger partial charge in [0.2, 0.25) is 0 Å². The van der Waals surface area contributed by atoms with Crippen LogP contribution < -0.4 is 5.32 Å². The third kappa shape index (κ3) is 4.49. The Hall–Kier alpha value is -4.00. The number of fused-ring (bicyclic) bond motifs is 2. The fourth-order valence-corrected chi connectivity index (χ4v) is 5.29. The van der Waals surface area contributed by atoms with Crippen molar-refractivity contribution < 1.29 is 23.1 Å². The van der Waals surface area contributed by atoms with E-state index >= 15 is 4.39 Å². The molecule has 184 valence electrons. The summed E-state index contributed by atoms with van der Waals surface area (Å²) in [4.78, 5) is 27.8. The van der Waals surface area contributed by atoms with E-state index < -0.39 is 12.0 Å². The Labute approximate surface area is 208 Å². The molecule has 2 aliphatic heterocycles. The zero-order valence-electron chi connectivity index (χ0n) is 19.8. The van der Waals surface area contributed by atoms with Crippen molar-refractivity contribution >= 4 is 17.6 Å². The number of carbonyl (C=O) groups excluding carboxylic acids is 2. The van der Waals surface area contributed by atoms with E-state index in [2.05, 4.69) is 5.32 Å². The van der Waals surface area contributed by atoms with Crippen LogP contribution in [-0.4, -0.2) is 36.1 Å². The molecule has 2 unspecified atom stereocenters. The van der Waals surface area contributed by atoms with Gasteiger partial charge in [0.1, 0.15) is 11.6 Å². The second kappa shape index (κ2) is 9.93. The molecule has 5 nitrogen and oxygen atoms in total. The molecule has 2 bridgehead atoms. The maximum Gasteiger partial charge on any atom is 0.336 e. The van der Waals surface area contributed by atoms with E-state index in [0.717, 1.165) is 23.1 Å². The molecule has 0 spiro atoms. The highest BCUT2D eigenvalue weighted by molar-refractivity contribution is 6.01. The maximum atomic E-state index is 15.2. The molecule has 7 heteroatoms. The van der Waals surface area contributed by atoms with Gasteiger partial charge in [-0.3, -0.25) is 0 Å². The van der Waals surface area contributed by atoms with E-state index in [-0.39, 0.29) is 30.3 Å². The number of ether oxygens (including phenoxy) is 1. The summed E-state index contributed by atoms with van der Waals surface area (Å²) in [5.41, 5.74) is 3.77. The van der Waals surface area contributed by atoms with Crippen LogP contribution >= 0.6 is 0 Å². The number of urea groups is 1. The Kier molecular flexibility index (Phi) is 6.55. The van der Waals surface area contributed by atoms with Gasteiger partial charge in [-0.1, -0.05) is 54.6 Å². The molecule has 0 aliphatic carbocycles. The number of halogens is 2. The zero-order chi connectivity index (χ0) is 25.2. The highest BCUT2D eigenvalue weighted by Gasteiger charge is 2.46. The topological polar surface area (TPSA) is 58.6 Å². The summed E-state index contributed by atoms with van der Waals surface area (Å²) in [7, 11) is 1.31. The van der Waals surface area contributed by atoms with Gasteiger partial charge >= 0.3 is 12.0 Å². The third-order valence-corrected chi connectivity index (χ3v) is 7.00. The first-order valence-corrected chi connectivity index (χ1v) is 11.9. The van der Waals surface area contributed by atoms with E-state index in [1.165, 1.54) is 25.3 Å². The minimum Gasteiger partial charge on any atom is -0.466 e. The van der Waals surface area contributed by atoms with Crippen LogP contribution in [0.15, 0.2) is 78.4 Å². The zero-order valence-corrected chi connectivity index (χ0v) is 19.8. The van der Waals surface area contributed by atoms with Crippen molar-refractivity contribution in [2.75, 3.05) is 7.11 Å². The number of hydrogen-bond acceptors (Lipinski definition) is 3. The van der Waals surface area contributed by atoms with Gasteiger partial charge in [0.05, 0.1) is 18.7 Å². The van der Waals surface area contributed by atoms with Gasteiger partial charge in [-0.15, -0.1) is 0 Å². The minimum absolute atomic E-state index is 0.122. The van der Waals surface area contributed by atoms with Crippen molar-refractivity contribution in [2.24, 2.45) is 0 Å². The Morgan fingerprint density at radius 2 is 1.72 bits per heavy atom. The molecule has 3 aromatic carbocycles. The van der Waals surface area contributed by atoms with Gasteiger partial charge in [-0.25, -0.2) is 18.4 Å². The molecule has 2 amide bonds. The van der Waals surface area contributed by atoms with Crippen LogP contribution in [-0.2, 0) is 16.1 Å². The number of amides is 2. The summed E-state index contributed by atoms with van der Waals surface area (Å²) in [6.45, 7) is 0.241. The molecule has 2 heterocycles. The first-order valence-electron chi connectivity index (χ1n) is 11.9. The molecule has 0 saturated carbocycles. The quantitative estimate of drug-likeness (QED) is 0.469. The van der Waals surface area contributed by atoms with Gasteiger partial charge < -0.3 is 15.0 Å². The number of methoxy groups -OCH3 is 1. The lowest BCUT2D eigenvalue weighted by Crippen LogP contribution is -2.50. The van der Waals surface area contributed by atoms with Gasteiger partial charge in [-0.2, -0.15) is 0 Å². The molecule has 5 rings (SSSR count). The molecular formula is C29H26F2N2O3. The van der Waals surface area contributed by atoms with Crippen LogP contribution in [0.4, 0.5) is 13.6 Å². The standard InChI is InChI=1S/C29H26F2N2O3/c1-36-28(34)27-24(20-9-13-23(25(31)15-20)19-5-3-2-4-6-19)16-22-12-14-26(27)33(22)29(35)32-17-18-7-10-21(30)11-8-18/h2-11,13,15,22,26H,12,14,16-17H2,1H3,(H,32,35). The van der Waals surface area contributed by atoms with E-state index in [1.54, 1.807) is 23.1 Å². The van der Waals surface area contributed by atoms with Crippen LogP contribution in [0.2, 0.25) is 0 Å². The van der Waals surface area contributed by atoms with Gasteiger partial charge in [-0.05, 0) is 59.7 Å². The normalized spacial score (nSPS) is 18.8. The number of rotatable bonds is 5. The van der Waals surface area contributed by atoms with Crippen molar-refractivity contribution in [3.05, 3.63) is 101 Å². The fraction of sp³-hybridized carbons (Fsp3) is 0.241. The van der Waals surface area contributed by atoms with E-state index in [1.807, 2.05) is 36.4 Å². The predicted octanol–water partition coefficient (Wildman–Crippen LogP) is 5.70. The molecule has 0 aromatic heterocycles. The third-order valence-electron chi connectivity index (χ3n) is 7.00. The molecule has 36 heavy (non-hydrogen) atoms. The predicted molar refractivity (Wildman–Crippen MR) is 133 cm³/mol. The Morgan fingerprint density at radius 1 is 0.972 bits per heavy atom. The number of nitrogens with one attached hydrogen (secondary N) is 1. The second-order valence-electron chi connectivity index (χ2n) is 9.09. The summed E-state index contributed by atoms with van der Waals surface area (Å²) >= 11 is 0. The molecule has 1 N–H and O–H groups in total. The molecule has 1 saturated heterocycles. The van der Waals surface area contributed by atoms with Gasteiger partial charge in [0.25, 0.3) is 0 Å². The van der Waals surface area contributed by atoms with E-state index in [0.29, 0.717) is 29.5 Å². The molecule has 2 atom stereocenters. The van der Waals surface area contributed by atoms with Gasteiger partial charge in [0, 0.05) is 18.2 Å². The first kappa shape index (κ1) is 23.7. The number of benzene rings is 3. The highest BCUT2D eigenvalue weighted by Crippen LogP contribution is 2.44. The van der Waals surface area contributed by atoms with Crippen molar-refractivity contribution in [3.8, 4) is 11.1 Å². The van der Waals surface area contributed by atoms with E-state index in [4.69, 9.17) is 4.74 Å². The molecule has 2 aliphatic rings. The van der Waals surface area contributed by atoms with Crippen molar-refractivity contribution in [2.45, 2.75) is 37.9 Å². The SMILES string of the molecule is COC(=O)C1=C(c2ccc(-c3ccccc3)c(F)c2)CC2CCC1N2C(=O)NCc1ccc(F)cc1. The molecule has 3 aromatic rings. The summed E-state index contributed by atoms with van der Waals surface area (Å²) in [5, 5.41) is 2.89. The lowest BCUT2D eigenvalue weighted by atomic mass is 9.87. The lowest BCUT2D eigenvalue weighted by molar-refractivity contribution is -0.136. The van der Waals surface area contributed by atoms with Crippen LogP contribution in [0.25, 0.3) is 16.7 Å². The van der Waals surface area contributed by atoms with Gasteiger partial charge in [0.15, 0.2) is 0 Å². The Balaban J connectivity index is 1.44. The number of nitrogens with zero attached hydrogens (tertiary/aromatic N) is 1. The maximum absolute atomic E-state index is 15.2. The largest absolute Gasteiger partial charge is 0.466 e. The van der Waals surface area contributed by atoms with Crippen LogP contribution in [0, 0.1) is 11.6 Å². The minimum atomic E-state index is -0.515. The fourth-order valence-electron chi connectivity index (χ4n) is 5.29.